The van der Waals surface area contributed by atoms with E-state index < -0.39 is 0 Å². The molecular formula is C11H23N5. The summed E-state index contributed by atoms with van der Waals surface area (Å²) in [5.41, 5.74) is 15.9. The number of guanidine groups is 2. The largest absolute Gasteiger partial charge is 0.370 e. The Hall–Kier alpha value is -1.26. The molecule has 5 nitrogen and oxygen atoms in total. The molecule has 0 aromatic rings. The summed E-state index contributed by atoms with van der Waals surface area (Å²) in [6.07, 6.45) is 6.42. The Labute approximate surface area is 97.2 Å². The molecule has 0 heterocycles. The van der Waals surface area contributed by atoms with Crippen LogP contribution in [0.5, 0.6) is 0 Å². The van der Waals surface area contributed by atoms with E-state index in [1.165, 1.54) is 25.7 Å². The van der Waals surface area contributed by atoms with Gasteiger partial charge in [0.25, 0.3) is 0 Å². The highest BCUT2D eigenvalue weighted by Crippen LogP contribution is 2.30. The highest BCUT2D eigenvalue weighted by Gasteiger charge is 2.17. The van der Waals surface area contributed by atoms with Crippen molar-refractivity contribution in [3.63, 3.8) is 0 Å². The molecule has 1 saturated carbocycles. The summed E-state index contributed by atoms with van der Waals surface area (Å²) >= 11 is 0. The lowest BCUT2D eigenvalue weighted by molar-refractivity contribution is 0.280. The molecule has 0 bridgehead atoms. The van der Waals surface area contributed by atoms with Gasteiger partial charge in [0.2, 0.25) is 5.96 Å². The van der Waals surface area contributed by atoms with Crippen LogP contribution >= 0.6 is 0 Å². The number of hydrogen-bond acceptors (Lipinski definition) is 1. The van der Waals surface area contributed by atoms with Crippen LogP contribution in [0, 0.1) is 11.8 Å². The van der Waals surface area contributed by atoms with E-state index >= 15 is 0 Å². The Balaban J connectivity index is 2.22. The van der Waals surface area contributed by atoms with Crippen LogP contribution in [-0.4, -0.2) is 18.5 Å². The fraction of sp³-hybridized carbons (Fsp3) is 0.818. The molecule has 1 aliphatic carbocycles. The van der Waals surface area contributed by atoms with Crippen LogP contribution in [0.25, 0.3) is 0 Å². The molecule has 0 saturated heterocycles. The zero-order chi connectivity index (χ0) is 12.0. The fourth-order valence-electron chi connectivity index (χ4n) is 2.15. The van der Waals surface area contributed by atoms with Crippen molar-refractivity contribution in [2.75, 3.05) is 6.54 Å². The predicted octanol–water partition coefficient (Wildman–Crippen LogP) is 0.791. The van der Waals surface area contributed by atoms with Gasteiger partial charge in [-0.2, -0.15) is 4.99 Å². The van der Waals surface area contributed by atoms with Gasteiger partial charge < -0.3 is 17.2 Å². The lowest BCUT2D eigenvalue weighted by atomic mass is 9.81. The van der Waals surface area contributed by atoms with Gasteiger partial charge in [0.05, 0.1) is 0 Å². The summed E-state index contributed by atoms with van der Waals surface area (Å²) in [6, 6.07) is 0. The molecule has 6 N–H and O–H groups in total. The molecule has 0 spiro atoms. The van der Waals surface area contributed by atoms with Crippen molar-refractivity contribution in [3.8, 4) is 0 Å². The summed E-state index contributed by atoms with van der Waals surface area (Å²) in [4.78, 5) is 7.80. The lowest BCUT2D eigenvalue weighted by Crippen LogP contribution is -2.26. The van der Waals surface area contributed by atoms with E-state index in [0.717, 1.165) is 24.8 Å². The zero-order valence-corrected chi connectivity index (χ0v) is 10.0. The van der Waals surface area contributed by atoms with E-state index in [2.05, 4.69) is 16.9 Å². The predicted molar refractivity (Wildman–Crippen MR) is 68.0 cm³/mol. The Morgan fingerprint density at radius 3 is 2.31 bits per heavy atom. The monoisotopic (exact) mass is 225 g/mol. The van der Waals surface area contributed by atoms with Gasteiger partial charge in [-0.05, 0) is 18.3 Å². The molecule has 16 heavy (non-hydrogen) atoms. The Bertz CT molecular complexity index is 260. The molecule has 0 aliphatic heterocycles. The number of hydrogen-bond donors (Lipinski definition) is 3. The quantitative estimate of drug-likeness (QED) is 0.488. The maximum Gasteiger partial charge on any atom is 0.218 e. The van der Waals surface area contributed by atoms with Crippen LogP contribution in [0.3, 0.4) is 0 Å². The highest BCUT2D eigenvalue weighted by atomic mass is 15.1. The number of aliphatic imine (C=N–C) groups is 2. The minimum Gasteiger partial charge on any atom is -0.370 e. The third-order valence-electron chi connectivity index (χ3n) is 3.19. The topological polar surface area (TPSA) is 103 Å². The first-order valence-electron chi connectivity index (χ1n) is 5.97. The molecule has 92 valence electrons. The highest BCUT2D eigenvalue weighted by molar-refractivity contribution is 5.92. The van der Waals surface area contributed by atoms with Gasteiger partial charge in [-0.25, -0.2) is 0 Å². The molecule has 0 aromatic heterocycles. The van der Waals surface area contributed by atoms with Crippen molar-refractivity contribution in [2.24, 2.45) is 39.0 Å². The van der Waals surface area contributed by atoms with Crippen molar-refractivity contribution in [1.29, 1.82) is 0 Å². The van der Waals surface area contributed by atoms with E-state index in [1.807, 2.05) is 0 Å². The van der Waals surface area contributed by atoms with Crippen molar-refractivity contribution < 1.29 is 0 Å². The average molecular weight is 225 g/mol. The lowest BCUT2D eigenvalue weighted by Gasteiger charge is -2.25. The first-order valence-corrected chi connectivity index (χ1v) is 5.97. The number of rotatable bonds is 3. The van der Waals surface area contributed by atoms with Crippen LogP contribution < -0.4 is 17.2 Å². The van der Waals surface area contributed by atoms with E-state index in [9.17, 15) is 0 Å². The fourth-order valence-corrected chi connectivity index (χ4v) is 2.15. The summed E-state index contributed by atoms with van der Waals surface area (Å²) in [6.45, 7) is 3.05. The molecule has 0 unspecified atom stereocenters. The summed E-state index contributed by atoms with van der Waals surface area (Å²) in [5, 5.41) is 0. The minimum absolute atomic E-state index is 0.0345. The van der Waals surface area contributed by atoms with Gasteiger partial charge in [-0.3, -0.25) is 4.99 Å². The van der Waals surface area contributed by atoms with Crippen LogP contribution in [0.1, 0.15) is 39.0 Å². The van der Waals surface area contributed by atoms with E-state index in [1.54, 1.807) is 0 Å². The standard InChI is InChI=1S/C11H23N5/c1-8-2-4-9(5-3-8)6-7-15-11(14)16-10(12)13/h8-9H,2-7H2,1H3,(H6,12,13,14,15,16). The Morgan fingerprint density at radius 1 is 1.12 bits per heavy atom. The van der Waals surface area contributed by atoms with Crippen molar-refractivity contribution >= 4 is 11.9 Å². The summed E-state index contributed by atoms with van der Waals surface area (Å²) in [5.74, 6) is 1.84. The van der Waals surface area contributed by atoms with E-state index in [4.69, 9.17) is 17.2 Å². The molecule has 0 atom stereocenters. The van der Waals surface area contributed by atoms with Gasteiger partial charge in [0, 0.05) is 6.54 Å². The van der Waals surface area contributed by atoms with Crippen molar-refractivity contribution in [1.82, 2.24) is 0 Å². The summed E-state index contributed by atoms with van der Waals surface area (Å²) < 4.78 is 0. The number of nitrogens with two attached hydrogens (primary N) is 3. The molecule has 1 aliphatic rings. The third-order valence-corrected chi connectivity index (χ3v) is 3.19. The molecule has 0 radical (unpaired) electrons. The molecule has 0 amide bonds. The maximum absolute atomic E-state index is 5.51. The number of nitrogens with zero attached hydrogens (tertiary/aromatic N) is 2. The second-order valence-electron chi connectivity index (χ2n) is 4.69. The second-order valence-corrected chi connectivity index (χ2v) is 4.69. The smallest absolute Gasteiger partial charge is 0.218 e. The third kappa shape index (κ3) is 5.00. The summed E-state index contributed by atoms with van der Waals surface area (Å²) in [7, 11) is 0. The van der Waals surface area contributed by atoms with Gasteiger partial charge in [-0.15, -0.1) is 0 Å². The second kappa shape index (κ2) is 6.35. The first-order chi connectivity index (χ1) is 7.58. The van der Waals surface area contributed by atoms with Crippen molar-refractivity contribution in [3.05, 3.63) is 0 Å². The Morgan fingerprint density at radius 2 is 1.75 bits per heavy atom. The van der Waals surface area contributed by atoms with Crippen LogP contribution in [0.2, 0.25) is 0 Å². The molecular weight excluding hydrogens is 202 g/mol. The van der Waals surface area contributed by atoms with Gasteiger partial charge >= 0.3 is 0 Å². The Kier molecular flexibility index (Phi) is 5.08. The molecule has 5 heteroatoms. The van der Waals surface area contributed by atoms with Crippen LogP contribution in [0.15, 0.2) is 9.98 Å². The first kappa shape index (κ1) is 12.8. The van der Waals surface area contributed by atoms with Gasteiger partial charge in [0.1, 0.15) is 0 Å². The van der Waals surface area contributed by atoms with Crippen LogP contribution in [-0.2, 0) is 0 Å². The van der Waals surface area contributed by atoms with Gasteiger partial charge in [0.15, 0.2) is 5.96 Å². The average Bonchev–Trinajstić information content (AvgIpc) is 2.20. The minimum atomic E-state index is -0.0345. The molecule has 1 rings (SSSR count). The van der Waals surface area contributed by atoms with Crippen LogP contribution in [0.4, 0.5) is 0 Å². The SMILES string of the molecule is CC1CCC(CCN=C(N)N=C(N)N)CC1. The maximum atomic E-state index is 5.51. The van der Waals surface area contributed by atoms with Gasteiger partial charge in [-0.1, -0.05) is 32.6 Å². The normalized spacial score (nSPS) is 26.4. The zero-order valence-electron chi connectivity index (χ0n) is 10.0. The van der Waals surface area contributed by atoms with E-state index in [0.29, 0.717) is 0 Å². The molecule has 0 aromatic carbocycles. The van der Waals surface area contributed by atoms with E-state index in [-0.39, 0.29) is 11.9 Å². The van der Waals surface area contributed by atoms with Crippen molar-refractivity contribution in [2.45, 2.75) is 39.0 Å². The molecule has 1 fully saturated rings.